The molecule has 0 aromatic carbocycles. The van der Waals surface area contributed by atoms with Gasteiger partial charge >= 0.3 is 0 Å². The minimum Gasteiger partial charge on any atom is -0.397 e. The number of nitrogens with zero attached hydrogens (tertiary/aromatic N) is 3. The number of nitrogen functional groups attached to an aromatic ring is 1. The smallest absolute Gasteiger partial charge is 0.147 e. The molecule has 1 aliphatic heterocycles. The SMILES string of the molecule is CC(C)(C)N1CCN(c2ncc(N)cc2Cl)CC1. The molecule has 1 fully saturated rings. The van der Waals surface area contributed by atoms with Crippen molar-refractivity contribution in [2.24, 2.45) is 0 Å². The summed E-state index contributed by atoms with van der Waals surface area (Å²) in [5.74, 6) is 0.847. The third-order valence-electron chi connectivity index (χ3n) is 3.37. The van der Waals surface area contributed by atoms with E-state index in [0.29, 0.717) is 10.7 Å². The molecule has 0 bridgehead atoms. The molecule has 0 aliphatic carbocycles. The number of hydrogen-bond donors (Lipinski definition) is 1. The number of hydrogen-bond acceptors (Lipinski definition) is 4. The molecule has 1 aromatic heterocycles. The second-order valence-electron chi connectivity index (χ2n) is 5.72. The van der Waals surface area contributed by atoms with Crippen LogP contribution < -0.4 is 10.6 Å². The van der Waals surface area contributed by atoms with E-state index in [0.717, 1.165) is 32.0 Å². The van der Waals surface area contributed by atoms with Crippen molar-refractivity contribution in [3.8, 4) is 0 Å². The van der Waals surface area contributed by atoms with Crippen LogP contribution in [0.5, 0.6) is 0 Å². The molecular weight excluding hydrogens is 248 g/mol. The Hall–Kier alpha value is -1.00. The molecule has 1 aliphatic rings. The average molecular weight is 269 g/mol. The predicted molar refractivity (Wildman–Crippen MR) is 77.2 cm³/mol. The van der Waals surface area contributed by atoms with Crippen LogP contribution in [-0.4, -0.2) is 41.6 Å². The molecule has 0 radical (unpaired) electrons. The third kappa shape index (κ3) is 2.87. The molecule has 1 saturated heterocycles. The Balaban J connectivity index is 2.06. The van der Waals surface area contributed by atoms with Crippen molar-refractivity contribution in [1.82, 2.24) is 9.88 Å². The first-order valence-corrected chi connectivity index (χ1v) is 6.67. The zero-order valence-corrected chi connectivity index (χ0v) is 12.0. The number of nitrogens with two attached hydrogens (primary N) is 1. The lowest BCUT2D eigenvalue weighted by Crippen LogP contribution is -2.53. The molecule has 2 N–H and O–H groups in total. The molecule has 18 heavy (non-hydrogen) atoms. The lowest BCUT2D eigenvalue weighted by Gasteiger charge is -2.42. The van der Waals surface area contributed by atoms with Gasteiger partial charge in [-0.1, -0.05) is 11.6 Å². The Morgan fingerprint density at radius 2 is 1.83 bits per heavy atom. The molecule has 2 rings (SSSR count). The van der Waals surface area contributed by atoms with E-state index in [2.05, 4.69) is 35.6 Å². The van der Waals surface area contributed by atoms with Gasteiger partial charge in [0.25, 0.3) is 0 Å². The topological polar surface area (TPSA) is 45.4 Å². The number of pyridine rings is 1. The van der Waals surface area contributed by atoms with Gasteiger partial charge in [0.15, 0.2) is 0 Å². The van der Waals surface area contributed by atoms with Gasteiger partial charge in [0, 0.05) is 31.7 Å². The molecule has 0 atom stereocenters. The molecule has 0 amide bonds. The largest absolute Gasteiger partial charge is 0.397 e. The Labute approximate surface area is 114 Å². The molecule has 1 aromatic rings. The van der Waals surface area contributed by atoms with Crippen molar-refractivity contribution in [2.45, 2.75) is 26.3 Å². The summed E-state index contributed by atoms with van der Waals surface area (Å²) in [4.78, 5) is 9.05. The molecule has 2 heterocycles. The molecule has 0 unspecified atom stereocenters. The molecular formula is C13H21ClN4. The zero-order chi connectivity index (χ0) is 13.3. The van der Waals surface area contributed by atoms with Crippen molar-refractivity contribution in [2.75, 3.05) is 36.8 Å². The van der Waals surface area contributed by atoms with Crippen molar-refractivity contribution in [1.29, 1.82) is 0 Å². The Bertz CT molecular complexity index is 419. The minimum absolute atomic E-state index is 0.227. The zero-order valence-electron chi connectivity index (χ0n) is 11.3. The van der Waals surface area contributed by atoms with Crippen LogP contribution in [0.15, 0.2) is 12.3 Å². The highest BCUT2D eigenvalue weighted by Gasteiger charge is 2.26. The quantitative estimate of drug-likeness (QED) is 0.849. The third-order valence-corrected chi connectivity index (χ3v) is 3.65. The Morgan fingerprint density at radius 3 is 2.33 bits per heavy atom. The lowest BCUT2D eigenvalue weighted by molar-refractivity contribution is 0.128. The van der Waals surface area contributed by atoms with Crippen molar-refractivity contribution in [3.05, 3.63) is 17.3 Å². The van der Waals surface area contributed by atoms with Gasteiger partial charge in [0.1, 0.15) is 5.82 Å². The van der Waals surface area contributed by atoms with Crippen LogP contribution in [0.1, 0.15) is 20.8 Å². The van der Waals surface area contributed by atoms with Gasteiger partial charge in [0.05, 0.1) is 16.9 Å². The van der Waals surface area contributed by atoms with E-state index in [9.17, 15) is 0 Å². The van der Waals surface area contributed by atoms with E-state index >= 15 is 0 Å². The van der Waals surface area contributed by atoms with Crippen LogP contribution in [-0.2, 0) is 0 Å². The standard InChI is InChI=1S/C13H21ClN4/c1-13(2,3)18-6-4-17(5-7-18)12-11(14)8-10(15)9-16-12/h8-9H,4-7,15H2,1-3H3. The predicted octanol–water partition coefficient (Wildman–Crippen LogP) is 2.24. The van der Waals surface area contributed by atoms with Gasteiger partial charge in [-0.3, -0.25) is 4.90 Å². The second-order valence-corrected chi connectivity index (χ2v) is 6.13. The van der Waals surface area contributed by atoms with E-state index in [4.69, 9.17) is 17.3 Å². The van der Waals surface area contributed by atoms with Gasteiger partial charge in [0.2, 0.25) is 0 Å². The van der Waals surface area contributed by atoms with Crippen LogP contribution in [0, 0.1) is 0 Å². The molecule has 4 nitrogen and oxygen atoms in total. The molecule has 0 spiro atoms. The van der Waals surface area contributed by atoms with Crippen LogP contribution in [0.2, 0.25) is 5.02 Å². The number of aromatic nitrogens is 1. The summed E-state index contributed by atoms with van der Waals surface area (Å²) >= 11 is 6.19. The van der Waals surface area contributed by atoms with E-state index in [1.165, 1.54) is 0 Å². The highest BCUT2D eigenvalue weighted by molar-refractivity contribution is 6.33. The second kappa shape index (κ2) is 4.94. The Kier molecular flexibility index (Phi) is 3.69. The fourth-order valence-electron chi connectivity index (χ4n) is 2.27. The van der Waals surface area contributed by atoms with Gasteiger partial charge in [-0.15, -0.1) is 0 Å². The highest BCUT2D eigenvalue weighted by atomic mass is 35.5. The summed E-state index contributed by atoms with van der Waals surface area (Å²) in [6, 6.07) is 1.76. The maximum atomic E-state index is 6.19. The van der Waals surface area contributed by atoms with Gasteiger partial charge in [-0.2, -0.15) is 0 Å². The van der Waals surface area contributed by atoms with Crippen molar-refractivity contribution < 1.29 is 0 Å². The monoisotopic (exact) mass is 268 g/mol. The highest BCUT2D eigenvalue weighted by Crippen LogP contribution is 2.26. The maximum Gasteiger partial charge on any atom is 0.147 e. The average Bonchev–Trinajstić information content (AvgIpc) is 2.28. The first-order valence-electron chi connectivity index (χ1n) is 6.29. The van der Waals surface area contributed by atoms with Gasteiger partial charge in [-0.05, 0) is 26.8 Å². The number of piperazine rings is 1. The first kappa shape index (κ1) is 13.4. The number of anilines is 2. The first-order chi connectivity index (χ1) is 8.38. The lowest BCUT2D eigenvalue weighted by atomic mass is 10.1. The van der Waals surface area contributed by atoms with Crippen LogP contribution >= 0.6 is 11.6 Å². The van der Waals surface area contributed by atoms with E-state index in [1.54, 1.807) is 12.3 Å². The van der Waals surface area contributed by atoms with Gasteiger partial charge < -0.3 is 10.6 Å². The van der Waals surface area contributed by atoms with E-state index < -0.39 is 0 Å². The number of halogens is 1. The van der Waals surface area contributed by atoms with Crippen LogP contribution in [0.4, 0.5) is 11.5 Å². The van der Waals surface area contributed by atoms with Crippen molar-refractivity contribution in [3.63, 3.8) is 0 Å². The van der Waals surface area contributed by atoms with E-state index in [-0.39, 0.29) is 5.54 Å². The summed E-state index contributed by atoms with van der Waals surface area (Å²) in [7, 11) is 0. The molecule has 5 heteroatoms. The van der Waals surface area contributed by atoms with Gasteiger partial charge in [-0.25, -0.2) is 4.98 Å². The maximum absolute atomic E-state index is 6.19. The minimum atomic E-state index is 0.227. The van der Waals surface area contributed by atoms with E-state index in [1.807, 2.05) is 0 Å². The normalized spacial score (nSPS) is 18.1. The summed E-state index contributed by atoms with van der Waals surface area (Å²) in [5, 5.41) is 0.638. The fourth-order valence-corrected chi connectivity index (χ4v) is 2.56. The van der Waals surface area contributed by atoms with Crippen LogP contribution in [0.25, 0.3) is 0 Å². The van der Waals surface area contributed by atoms with Crippen LogP contribution in [0.3, 0.4) is 0 Å². The summed E-state index contributed by atoms with van der Waals surface area (Å²) < 4.78 is 0. The fraction of sp³-hybridized carbons (Fsp3) is 0.615. The Morgan fingerprint density at radius 1 is 1.22 bits per heavy atom. The molecule has 100 valence electrons. The number of rotatable bonds is 1. The summed E-state index contributed by atoms with van der Waals surface area (Å²) in [6.45, 7) is 10.7. The summed E-state index contributed by atoms with van der Waals surface area (Å²) in [6.07, 6.45) is 1.66. The molecule has 0 saturated carbocycles. The van der Waals surface area contributed by atoms with Crippen molar-refractivity contribution >= 4 is 23.1 Å². The summed E-state index contributed by atoms with van der Waals surface area (Å²) in [5.41, 5.74) is 6.50.